The van der Waals surface area contributed by atoms with Crippen LogP contribution in [0.4, 0.5) is 0 Å². The van der Waals surface area contributed by atoms with Gasteiger partial charge in [-0.05, 0) is 5.41 Å². The van der Waals surface area contributed by atoms with Crippen LogP contribution in [0, 0.1) is 10.8 Å². The summed E-state index contributed by atoms with van der Waals surface area (Å²) in [4.78, 5) is 1.54. The summed E-state index contributed by atoms with van der Waals surface area (Å²) in [5.41, 5.74) is 1.97. The molecule has 1 heterocycles. The number of hydrogen-bond acceptors (Lipinski definition) is 2. The highest BCUT2D eigenvalue weighted by Gasteiger charge is 2.30. The van der Waals surface area contributed by atoms with Crippen molar-refractivity contribution in [1.82, 2.24) is 5.32 Å². The van der Waals surface area contributed by atoms with Crippen LogP contribution in [0.5, 0.6) is 0 Å². The molecule has 0 aromatic heterocycles. The lowest BCUT2D eigenvalue weighted by Gasteiger charge is -2.36. The van der Waals surface area contributed by atoms with Crippen LogP contribution < -0.4 is 5.32 Å². The summed E-state index contributed by atoms with van der Waals surface area (Å²) in [6.45, 7) is 14.9. The van der Waals surface area contributed by atoms with Gasteiger partial charge in [-0.1, -0.05) is 41.5 Å². The highest BCUT2D eigenvalue weighted by molar-refractivity contribution is 8.03. The Morgan fingerprint density at radius 3 is 1.93 bits per heavy atom. The maximum Gasteiger partial charge on any atom is 0.0263 e. The monoisotopic (exact) mass is 213 g/mol. The molecular weight excluding hydrogens is 190 g/mol. The molecule has 0 saturated carbocycles. The van der Waals surface area contributed by atoms with Crippen LogP contribution in [0.1, 0.15) is 41.5 Å². The van der Waals surface area contributed by atoms with Gasteiger partial charge in [-0.15, -0.1) is 11.8 Å². The van der Waals surface area contributed by atoms with Crippen LogP contribution in [0.15, 0.2) is 10.6 Å². The van der Waals surface area contributed by atoms with Gasteiger partial charge in [-0.3, -0.25) is 0 Å². The van der Waals surface area contributed by atoms with Crippen molar-refractivity contribution < 1.29 is 0 Å². The predicted molar refractivity (Wildman–Crippen MR) is 66.4 cm³/mol. The molecule has 1 aliphatic rings. The summed E-state index contributed by atoms with van der Waals surface area (Å²) in [5.74, 6) is 1.20. The van der Waals surface area contributed by atoms with E-state index in [4.69, 9.17) is 0 Å². The van der Waals surface area contributed by atoms with Crippen molar-refractivity contribution in [1.29, 1.82) is 0 Å². The standard InChI is InChI=1S/C12H23NS/c1-11(2,3)9-10(12(4,5)6)14-8-7-13-9/h13H,7-8H2,1-6H3. The van der Waals surface area contributed by atoms with Gasteiger partial charge in [0.1, 0.15) is 0 Å². The molecule has 2 heteroatoms. The third-order valence-corrected chi connectivity index (χ3v) is 3.82. The maximum absolute atomic E-state index is 3.57. The van der Waals surface area contributed by atoms with Crippen molar-refractivity contribution in [3.8, 4) is 0 Å². The first-order chi connectivity index (χ1) is 6.23. The zero-order valence-electron chi connectivity index (χ0n) is 10.3. The van der Waals surface area contributed by atoms with Crippen LogP contribution in [0.2, 0.25) is 0 Å². The van der Waals surface area contributed by atoms with E-state index in [2.05, 4.69) is 46.9 Å². The molecule has 0 unspecified atom stereocenters. The number of thioether (sulfide) groups is 1. The Morgan fingerprint density at radius 2 is 1.57 bits per heavy atom. The summed E-state index contributed by atoms with van der Waals surface area (Å²) in [6.07, 6.45) is 0. The first-order valence-corrected chi connectivity index (χ1v) is 6.33. The van der Waals surface area contributed by atoms with E-state index in [1.165, 1.54) is 16.4 Å². The molecule has 0 amide bonds. The molecule has 1 aliphatic heterocycles. The van der Waals surface area contributed by atoms with Crippen molar-refractivity contribution >= 4 is 11.8 Å². The van der Waals surface area contributed by atoms with Crippen LogP contribution in [0.25, 0.3) is 0 Å². The topological polar surface area (TPSA) is 12.0 Å². The second-order valence-electron chi connectivity index (χ2n) is 5.98. The van der Waals surface area contributed by atoms with Crippen LogP contribution >= 0.6 is 11.8 Å². The van der Waals surface area contributed by atoms with E-state index in [-0.39, 0.29) is 10.8 Å². The lowest BCUT2D eigenvalue weighted by atomic mass is 9.85. The Balaban J connectivity index is 3.10. The molecule has 1 nitrogen and oxygen atoms in total. The van der Waals surface area contributed by atoms with Gasteiger partial charge >= 0.3 is 0 Å². The molecule has 0 bridgehead atoms. The second-order valence-corrected chi connectivity index (χ2v) is 7.08. The van der Waals surface area contributed by atoms with Crippen molar-refractivity contribution in [2.75, 3.05) is 12.3 Å². The van der Waals surface area contributed by atoms with E-state index in [9.17, 15) is 0 Å². The average molecular weight is 213 g/mol. The lowest BCUT2D eigenvalue weighted by molar-refractivity contribution is 0.429. The van der Waals surface area contributed by atoms with E-state index in [1.54, 1.807) is 0 Å². The van der Waals surface area contributed by atoms with Crippen LogP contribution in [0.3, 0.4) is 0 Å². The maximum atomic E-state index is 3.57. The van der Waals surface area contributed by atoms with Gasteiger partial charge in [0.05, 0.1) is 0 Å². The van der Waals surface area contributed by atoms with E-state index in [1.807, 2.05) is 11.8 Å². The minimum absolute atomic E-state index is 0.246. The molecule has 0 saturated heterocycles. The zero-order valence-corrected chi connectivity index (χ0v) is 11.1. The van der Waals surface area contributed by atoms with Gasteiger partial charge in [-0.2, -0.15) is 0 Å². The number of nitrogens with one attached hydrogen (secondary N) is 1. The molecule has 0 aliphatic carbocycles. The van der Waals surface area contributed by atoms with E-state index >= 15 is 0 Å². The third-order valence-electron chi connectivity index (χ3n) is 2.31. The number of allylic oxidation sites excluding steroid dienone is 2. The van der Waals surface area contributed by atoms with E-state index in [0.29, 0.717) is 0 Å². The molecule has 0 fully saturated rings. The van der Waals surface area contributed by atoms with Crippen molar-refractivity contribution in [3.63, 3.8) is 0 Å². The Hall–Kier alpha value is -0.110. The highest BCUT2D eigenvalue weighted by atomic mass is 32.2. The zero-order chi connectivity index (χ0) is 11.0. The Kier molecular flexibility index (Phi) is 3.25. The second kappa shape index (κ2) is 3.80. The fraction of sp³-hybridized carbons (Fsp3) is 0.833. The third kappa shape index (κ3) is 2.69. The Bertz CT molecular complexity index is 214. The first kappa shape index (κ1) is 12.0. The number of hydrogen-bond donors (Lipinski definition) is 1. The first-order valence-electron chi connectivity index (χ1n) is 5.35. The fourth-order valence-electron chi connectivity index (χ4n) is 1.68. The van der Waals surface area contributed by atoms with Gasteiger partial charge in [0.15, 0.2) is 0 Å². The van der Waals surface area contributed by atoms with Crippen molar-refractivity contribution in [3.05, 3.63) is 10.6 Å². The van der Waals surface area contributed by atoms with Crippen LogP contribution in [-0.2, 0) is 0 Å². The lowest BCUT2D eigenvalue weighted by Crippen LogP contribution is -2.33. The van der Waals surface area contributed by atoms with E-state index in [0.717, 1.165) is 6.54 Å². The fourth-order valence-corrected chi connectivity index (χ4v) is 3.04. The van der Waals surface area contributed by atoms with Gasteiger partial charge in [-0.25, -0.2) is 0 Å². The molecule has 14 heavy (non-hydrogen) atoms. The Labute approximate surface area is 92.7 Å². The minimum atomic E-state index is 0.246. The molecule has 0 aromatic rings. The molecule has 0 aromatic carbocycles. The molecule has 82 valence electrons. The Morgan fingerprint density at radius 1 is 1.00 bits per heavy atom. The highest BCUT2D eigenvalue weighted by Crippen LogP contribution is 2.42. The SMILES string of the molecule is CC(C)(C)C1=C(C(C)(C)C)SCCN1. The summed E-state index contributed by atoms with van der Waals surface area (Å²) in [7, 11) is 0. The smallest absolute Gasteiger partial charge is 0.0263 e. The molecule has 1 rings (SSSR count). The minimum Gasteiger partial charge on any atom is -0.386 e. The summed E-state index contributed by atoms with van der Waals surface area (Å²) >= 11 is 2.02. The van der Waals surface area contributed by atoms with Crippen LogP contribution in [-0.4, -0.2) is 12.3 Å². The summed E-state index contributed by atoms with van der Waals surface area (Å²) in [5, 5.41) is 3.57. The average Bonchev–Trinajstić information content (AvgIpc) is 2.01. The molecular formula is C12H23NS. The van der Waals surface area contributed by atoms with Gasteiger partial charge in [0.25, 0.3) is 0 Å². The molecule has 1 N–H and O–H groups in total. The van der Waals surface area contributed by atoms with Crippen molar-refractivity contribution in [2.45, 2.75) is 41.5 Å². The van der Waals surface area contributed by atoms with E-state index < -0.39 is 0 Å². The molecule has 0 spiro atoms. The largest absolute Gasteiger partial charge is 0.386 e. The molecule has 0 radical (unpaired) electrons. The number of rotatable bonds is 0. The van der Waals surface area contributed by atoms with Gasteiger partial charge < -0.3 is 5.32 Å². The quantitative estimate of drug-likeness (QED) is 0.659. The van der Waals surface area contributed by atoms with Crippen molar-refractivity contribution in [2.24, 2.45) is 10.8 Å². The predicted octanol–water partition coefficient (Wildman–Crippen LogP) is 3.63. The summed E-state index contributed by atoms with van der Waals surface area (Å²) < 4.78 is 0. The van der Waals surface area contributed by atoms with Gasteiger partial charge in [0, 0.05) is 28.3 Å². The summed E-state index contributed by atoms with van der Waals surface area (Å²) in [6, 6.07) is 0. The normalized spacial score (nSPS) is 19.6. The van der Waals surface area contributed by atoms with Gasteiger partial charge in [0.2, 0.25) is 0 Å². The molecule has 0 atom stereocenters.